The Balaban J connectivity index is 1.46. The van der Waals surface area contributed by atoms with Crippen LogP contribution in [0.3, 0.4) is 0 Å². The van der Waals surface area contributed by atoms with E-state index in [1.165, 1.54) is 0 Å². The highest BCUT2D eigenvalue weighted by molar-refractivity contribution is 5.81. The van der Waals surface area contributed by atoms with Gasteiger partial charge >= 0.3 is 0 Å². The molecule has 4 heterocycles. The topological polar surface area (TPSA) is 127 Å². The van der Waals surface area contributed by atoms with Crippen LogP contribution in [0.4, 0.5) is 4.39 Å². The number of hydrogen-bond donors (Lipinski definition) is 7. The first-order valence-corrected chi connectivity index (χ1v) is 9.87. The third-order valence-electron chi connectivity index (χ3n) is 6.10. The Morgan fingerprint density at radius 1 is 1.33 bits per heavy atom. The quantitative estimate of drug-likeness (QED) is 0.305. The fraction of sp³-hybridized carbons (Fsp3) is 0.824. The number of piperidine rings is 1. The molecule has 4 aliphatic heterocycles. The normalized spacial score (nSPS) is 40.4. The van der Waals surface area contributed by atoms with Crippen molar-refractivity contribution in [2.45, 2.75) is 43.8 Å². The lowest BCUT2D eigenvalue weighted by molar-refractivity contribution is -0.128. The molecule has 0 bridgehead atoms. The number of hydrogen-bond acceptors (Lipinski definition) is 8. The molecule has 0 aliphatic carbocycles. The molecule has 3 saturated heterocycles. The summed E-state index contributed by atoms with van der Waals surface area (Å²) in [4.78, 5) is 13.1. The Labute approximate surface area is 158 Å². The first-order valence-electron chi connectivity index (χ1n) is 9.87. The standard InChI is InChI=1S/C17H30FN7O2/c18-9-6-22-15-13(14(19)24-25(15)8-9)17(27)23-12-7-20-5-3-10(12)11-2-1-4-21-16(11)26/h9-10,12-15,20-22,24,26H,1-8,19H2,(H,23,27). The van der Waals surface area contributed by atoms with Crippen LogP contribution in [0.1, 0.15) is 19.3 Å². The van der Waals surface area contributed by atoms with Crippen molar-refractivity contribution in [1.82, 2.24) is 31.7 Å². The lowest BCUT2D eigenvalue weighted by atomic mass is 9.82. The minimum atomic E-state index is -0.983. The largest absolute Gasteiger partial charge is 0.495 e. The number of hydrazine groups is 1. The van der Waals surface area contributed by atoms with Gasteiger partial charge in [0.2, 0.25) is 5.91 Å². The van der Waals surface area contributed by atoms with Gasteiger partial charge in [0.25, 0.3) is 0 Å². The molecule has 3 fully saturated rings. The maximum atomic E-state index is 13.6. The van der Waals surface area contributed by atoms with Gasteiger partial charge in [-0.05, 0) is 31.4 Å². The second kappa shape index (κ2) is 7.88. The molecule has 0 aromatic rings. The molecule has 6 atom stereocenters. The van der Waals surface area contributed by atoms with Crippen LogP contribution in [0.15, 0.2) is 11.5 Å². The maximum Gasteiger partial charge on any atom is 0.229 e. The van der Waals surface area contributed by atoms with Crippen LogP contribution in [-0.4, -0.2) is 73.3 Å². The highest BCUT2D eigenvalue weighted by atomic mass is 19.1. The van der Waals surface area contributed by atoms with E-state index in [9.17, 15) is 14.3 Å². The van der Waals surface area contributed by atoms with Crippen molar-refractivity contribution in [3.8, 4) is 0 Å². The highest BCUT2D eigenvalue weighted by Crippen LogP contribution is 2.30. The van der Waals surface area contributed by atoms with E-state index < -0.39 is 18.3 Å². The van der Waals surface area contributed by atoms with Crippen molar-refractivity contribution in [1.29, 1.82) is 0 Å². The number of aliphatic hydroxyl groups excluding tert-OH is 1. The minimum absolute atomic E-state index is 0.0965. The fourth-order valence-corrected chi connectivity index (χ4v) is 4.76. The molecular weight excluding hydrogens is 353 g/mol. The van der Waals surface area contributed by atoms with Crippen LogP contribution >= 0.6 is 0 Å². The van der Waals surface area contributed by atoms with Crippen LogP contribution in [0.5, 0.6) is 0 Å². The van der Waals surface area contributed by atoms with E-state index in [0.717, 1.165) is 37.9 Å². The van der Waals surface area contributed by atoms with E-state index in [0.29, 0.717) is 6.54 Å². The summed E-state index contributed by atoms with van der Waals surface area (Å²) in [6, 6.07) is -0.109. The van der Waals surface area contributed by atoms with Crippen molar-refractivity contribution >= 4 is 5.91 Å². The van der Waals surface area contributed by atoms with Gasteiger partial charge in [-0.2, -0.15) is 0 Å². The zero-order chi connectivity index (χ0) is 19.0. The number of amides is 1. The van der Waals surface area contributed by atoms with Crippen molar-refractivity contribution < 1.29 is 14.3 Å². The second-order valence-corrected chi connectivity index (χ2v) is 7.90. The number of alkyl halides is 1. The molecule has 10 heteroatoms. The van der Waals surface area contributed by atoms with Gasteiger partial charge in [0, 0.05) is 38.1 Å². The zero-order valence-electron chi connectivity index (χ0n) is 15.4. The smallest absolute Gasteiger partial charge is 0.229 e. The predicted molar refractivity (Wildman–Crippen MR) is 97.8 cm³/mol. The third-order valence-corrected chi connectivity index (χ3v) is 6.10. The van der Waals surface area contributed by atoms with Crippen LogP contribution in [0.25, 0.3) is 0 Å². The summed E-state index contributed by atoms with van der Waals surface area (Å²) in [7, 11) is 0. The van der Waals surface area contributed by atoms with Gasteiger partial charge < -0.3 is 26.8 Å². The van der Waals surface area contributed by atoms with Gasteiger partial charge in [-0.1, -0.05) is 0 Å². The van der Waals surface area contributed by atoms with Gasteiger partial charge in [-0.25, -0.2) is 14.8 Å². The number of carbonyl (C=O) groups is 1. The molecule has 0 aromatic heterocycles. The monoisotopic (exact) mass is 383 g/mol. The Morgan fingerprint density at radius 2 is 2.19 bits per heavy atom. The molecule has 4 aliphatic rings. The zero-order valence-corrected chi connectivity index (χ0v) is 15.4. The molecule has 0 spiro atoms. The van der Waals surface area contributed by atoms with Crippen LogP contribution < -0.4 is 32.4 Å². The van der Waals surface area contributed by atoms with E-state index in [1.54, 1.807) is 5.01 Å². The van der Waals surface area contributed by atoms with E-state index in [-0.39, 0.29) is 43.0 Å². The van der Waals surface area contributed by atoms with E-state index >= 15 is 0 Å². The Kier molecular flexibility index (Phi) is 5.51. The van der Waals surface area contributed by atoms with Crippen molar-refractivity contribution in [3.63, 3.8) is 0 Å². The Morgan fingerprint density at radius 3 is 3.00 bits per heavy atom. The van der Waals surface area contributed by atoms with Crippen molar-refractivity contribution in [2.24, 2.45) is 17.6 Å². The van der Waals surface area contributed by atoms with E-state index in [4.69, 9.17) is 5.73 Å². The summed E-state index contributed by atoms with van der Waals surface area (Å²) in [6.07, 6.45) is 0.822. The molecule has 0 saturated carbocycles. The van der Waals surface area contributed by atoms with Crippen molar-refractivity contribution in [3.05, 3.63) is 11.5 Å². The van der Waals surface area contributed by atoms with Gasteiger partial charge in [-0.15, -0.1) is 0 Å². The maximum absolute atomic E-state index is 13.6. The summed E-state index contributed by atoms with van der Waals surface area (Å²) in [5.74, 6) is -0.290. The summed E-state index contributed by atoms with van der Waals surface area (Å²) < 4.78 is 13.6. The molecule has 27 heavy (non-hydrogen) atoms. The number of halogens is 1. The average molecular weight is 383 g/mol. The molecule has 1 amide bonds. The number of nitrogens with two attached hydrogens (primary N) is 1. The molecule has 0 aromatic carbocycles. The van der Waals surface area contributed by atoms with E-state index in [1.807, 2.05) is 0 Å². The van der Waals surface area contributed by atoms with Gasteiger partial charge in [0.15, 0.2) is 5.88 Å². The highest BCUT2D eigenvalue weighted by Gasteiger charge is 2.47. The molecule has 8 N–H and O–H groups in total. The summed E-state index contributed by atoms with van der Waals surface area (Å²) in [6.45, 7) is 2.72. The van der Waals surface area contributed by atoms with Gasteiger partial charge in [0.1, 0.15) is 6.17 Å². The average Bonchev–Trinajstić information content (AvgIpc) is 2.97. The van der Waals surface area contributed by atoms with Gasteiger partial charge in [0.05, 0.1) is 18.2 Å². The Hall–Kier alpha value is -1.46. The number of nitrogens with zero attached hydrogens (tertiary/aromatic N) is 1. The number of aliphatic hydroxyl groups is 1. The molecule has 152 valence electrons. The summed E-state index contributed by atoms with van der Waals surface area (Å²) in [5.41, 5.74) is 10.1. The third kappa shape index (κ3) is 3.77. The second-order valence-electron chi connectivity index (χ2n) is 7.90. The molecule has 4 rings (SSSR count). The first kappa shape index (κ1) is 18.9. The SMILES string of the molecule is NC1NN2CC(F)CNC2C1C(=O)NC1CNCCC1C1=C(O)NCCC1. The predicted octanol–water partition coefficient (Wildman–Crippen LogP) is -1.78. The molecule has 9 nitrogen and oxygen atoms in total. The number of fused-ring (bicyclic) bond motifs is 1. The molecule has 0 radical (unpaired) electrons. The lowest BCUT2D eigenvalue weighted by Gasteiger charge is -2.38. The van der Waals surface area contributed by atoms with Crippen LogP contribution in [0, 0.1) is 11.8 Å². The van der Waals surface area contributed by atoms with Crippen LogP contribution in [-0.2, 0) is 4.79 Å². The van der Waals surface area contributed by atoms with Crippen molar-refractivity contribution in [2.75, 3.05) is 32.7 Å². The number of carbonyl (C=O) groups excluding carboxylic acids is 1. The molecular formula is C17H30FN7O2. The lowest BCUT2D eigenvalue weighted by Crippen LogP contribution is -2.60. The summed E-state index contributed by atoms with van der Waals surface area (Å²) in [5, 5.41) is 24.5. The van der Waals surface area contributed by atoms with Crippen LogP contribution in [0.2, 0.25) is 0 Å². The number of rotatable bonds is 3. The Bertz CT molecular complexity index is 604. The molecule has 6 unspecified atom stereocenters. The van der Waals surface area contributed by atoms with E-state index in [2.05, 4.69) is 26.7 Å². The number of nitrogens with one attached hydrogen (secondary N) is 5. The summed E-state index contributed by atoms with van der Waals surface area (Å²) >= 11 is 0. The minimum Gasteiger partial charge on any atom is -0.495 e. The fourth-order valence-electron chi connectivity index (χ4n) is 4.76. The first-order chi connectivity index (χ1) is 13.0. The van der Waals surface area contributed by atoms with Gasteiger partial charge in [-0.3, -0.25) is 10.1 Å².